The topological polar surface area (TPSA) is 37.3 Å². The Labute approximate surface area is 150 Å². The van der Waals surface area contributed by atoms with Gasteiger partial charge in [0, 0.05) is 0 Å². The van der Waals surface area contributed by atoms with Gasteiger partial charge in [-0.2, -0.15) is 0 Å². The lowest BCUT2D eigenvalue weighted by Crippen LogP contribution is -2.29. The van der Waals surface area contributed by atoms with Crippen LogP contribution in [0.4, 0.5) is 0 Å². The highest BCUT2D eigenvalue weighted by Gasteiger charge is 2.33. The molecule has 0 heterocycles. The average molecular weight is 337 g/mol. The highest BCUT2D eigenvalue weighted by molar-refractivity contribution is 5.74. The van der Waals surface area contributed by atoms with Crippen LogP contribution in [0.3, 0.4) is 0 Å². The molecule has 2 heteroatoms. The molecule has 0 amide bonds. The Balaban J connectivity index is 3.60. The van der Waals surface area contributed by atoms with Gasteiger partial charge in [0.2, 0.25) is 0 Å². The number of hydrogen-bond donors (Lipinski definition) is 1. The van der Waals surface area contributed by atoms with Crippen LogP contribution in [0.1, 0.15) is 104 Å². The van der Waals surface area contributed by atoms with E-state index in [2.05, 4.69) is 31.2 Å². The lowest BCUT2D eigenvalue weighted by molar-refractivity contribution is -0.150. The maximum absolute atomic E-state index is 11.4. The summed E-state index contributed by atoms with van der Waals surface area (Å²) < 4.78 is 0. The fourth-order valence-corrected chi connectivity index (χ4v) is 3.11. The van der Waals surface area contributed by atoms with Gasteiger partial charge in [0.25, 0.3) is 0 Å². The molecule has 140 valence electrons. The zero-order chi connectivity index (χ0) is 18.1. The number of carboxylic acid groups (broad SMARTS) is 1. The molecule has 0 spiro atoms. The molecule has 24 heavy (non-hydrogen) atoms. The van der Waals surface area contributed by atoms with Crippen molar-refractivity contribution < 1.29 is 9.90 Å². The molecule has 0 rings (SSSR count). The quantitative estimate of drug-likeness (QED) is 0.237. The van der Waals surface area contributed by atoms with Crippen LogP contribution in [-0.4, -0.2) is 11.1 Å². The summed E-state index contributed by atoms with van der Waals surface area (Å²) in [4.78, 5) is 11.4. The lowest BCUT2D eigenvalue weighted by Gasteiger charge is -2.26. The zero-order valence-electron chi connectivity index (χ0n) is 16.4. The lowest BCUT2D eigenvalue weighted by atomic mass is 9.78. The Morgan fingerprint density at radius 1 is 0.792 bits per heavy atom. The molecular formula is C22H40O2. The minimum Gasteiger partial charge on any atom is -0.481 e. The smallest absolute Gasteiger partial charge is 0.309 e. The molecule has 0 saturated carbocycles. The number of carboxylic acids is 1. The van der Waals surface area contributed by atoms with Gasteiger partial charge in [-0.15, -0.1) is 0 Å². The van der Waals surface area contributed by atoms with Crippen LogP contribution in [0.5, 0.6) is 0 Å². The number of aliphatic carboxylic acids is 1. The molecule has 0 aliphatic rings. The van der Waals surface area contributed by atoms with Crippen molar-refractivity contribution in [2.75, 3.05) is 0 Å². The molecule has 0 saturated heterocycles. The zero-order valence-corrected chi connectivity index (χ0v) is 16.4. The van der Waals surface area contributed by atoms with Crippen LogP contribution in [-0.2, 0) is 4.79 Å². The molecule has 0 aliphatic heterocycles. The molecule has 0 aromatic rings. The summed E-state index contributed by atoms with van der Waals surface area (Å²) in [7, 11) is 0. The Bertz CT molecular complexity index is 351. The SMILES string of the molecule is CCCCCC=CCC=CCCCCCCC(CC)(CC)C(=O)O. The summed E-state index contributed by atoms with van der Waals surface area (Å²) >= 11 is 0. The first-order valence-electron chi connectivity index (χ1n) is 10.2. The molecular weight excluding hydrogens is 296 g/mol. The van der Waals surface area contributed by atoms with E-state index in [1.54, 1.807) is 0 Å². The van der Waals surface area contributed by atoms with Crippen LogP contribution in [0.25, 0.3) is 0 Å². The second-order valence-electron chi connectivity index (χ2n) is 6.92. The number of unbranched alkanes of at least 4 members (excludes halogenated alkanes) is 7. The number of allylic oxidation sites excluding steroid dienone is 4. The molecule has 2 nitrogen and oxygen atoms in total. The summed E-state index contributed by atoms with van der Waals surface area (Å²) in [6, 6.07) is 0. The minimum absolute atomic E-state index is 0.483. The molecule has 0 radical (unpaired) electrons. The Hall–Kier alpha value is -1.05. The van der Waals surface area contributed by atoms with Gasteiger partial charge < -0.3 is 5.11 Å². The van der Waals surface area contributed by atoms with E-state index in [0.717, 1.165) is 44.9 Å². The average Bonchev–Trinajstić information content (AvgIpc) is 2.58. The molecule has 0 aromatic heterocycles. The first-order chi connectivity index (χ1) is 11.6. The van der Waals surface area contributed by atoms with E-state index in [0.29, 0.717) is 0 Å². The number of hydrogen-bond acceptors (Lipinski definition) is 1. The third-order valence-corrected chi connectivity index (χ3v) is 5.16. The summed E-state index contributed by atoms with van der Waals surface area (Å²) in [5.41, 5.74) is -0.483. The molecule has 1 N–H and O–H groups in total. The van der Waals surface area contributed by atoms with E-state index >= 15 is 0 Å². The fourth-order valence-electron chi connectivity index (χ4n) is 3.11. The first-order valence-corrected chi connectivity index (χ1v) is 10.2. The van der Waals surface area contributed by atoms with Crippen molar-refractivity contribution in [3.63, 3.8) is 0 Å². The molecule has 0 atom stereocenters. The first kappa shape index (κ1) is 22.9. The summed E-state index contributed by atoms with van der Waals surface area (Å²) in [5, 5.41) is 9.41. The highest BCUT2D eigenvalue weighted by atomic mass is 16.4. The second-order valence-corrected chi connectivity index (χ2v) is 6.92. The van der Waals surface area contributed by atoms with Gasteiger partial charge in [-0.05, 0) is 51.4 Å². The van der Waals surface area contributed by atoms with Gasteiger partial charge in [0.05, 0.1) is 5.41 Å². The summed E-state index contributed by atoms with van der Waals surface area (Å²) in [5.74, 6) is -0.613. The molecule has 0 bridgehead atoms. The van der Waals surface area contributed by atoms with Gasteiger partial charge in [0.15, 0.2) is 0 Å². The minimum atomic E-state index is -0.613. The largest absolute Gasteiger partial charge is 0.481 e. The van der Waals surface area contributed by atoms with E-state index in [1.807, 2.05) is 13.8 Å². The highest BCUT2D eigenvalue weighted by Crippen LogP contribution is 2.33. The van der Waals surface area contributed by atoms with Crippen molar-refractivity contribution in [1.82, 2.24) is 0 Å². The summed E-state index contributed by atoms with van der Waals surface area (Å²) in [6.07, 6.45) is 23.4. The number of carbonyl (C=O) groups is 1. The monoisotopic (exact) mass is 336 g/mol. The standard InChI is InChI=1S/C22H40O2/c1-4-7-8-9-10-11-12-13-14-15-16-17-18-19-20-22(5-2,6-3)21(23)24/h10-11,13-14H,4-9,12,15-20H2,1-3H3,(H,23,24). The van der Waals surface area contributed by atoms with Crippen molar-refractivity contribution in [1.29, 1.82) is 0 Å². The Morgan fingerprint density at radius 2 is 1.33 bits per heavy atom. The molecule has 0 unspecified atom stereocenters. The van der Waals surface area contributed by atoms with E-state index in [4.69, 9.17) is 0 Å². The van der Waals surface area contributed by atoms with Crippen LogP contribution in [0, 0.1) is 5.41 Å². The second kappa shape index (κ2) is 15.5. The maximum Gasteiger partial charge on any atom is 0.309 e. The van der Waals surface area contributed by atoms with Crippen molar-refractivity contribution >= 4 is 5.97 Å². The van der Waals surface area contributed by atoms with Crippen LogP contribution in [0.15, 0.2) is 24.3 Å². The molecule has 0 aromatic carbocycles. The normalized spacial score (nSPS) is 12.5. The number of rotatable bonds is 16. The van der Waals surface area contributed by atoms with Crippen molar-refractivity contribution in [2.24, 2.45) is 5.41 Å². The predicted octanol–water partition coefficient (Wildman–Crippen LogP) is 7.30. The third-order valence-electron chi connectivity index (χ3n) is 5.16. The predicted molar refractivity (Wildman–Crippen MR) is 105 cm³/mol. The van der Waals surface area contributed by atoms with E-state index in [-0.39, 0.29) is 0 Å². The van der Waals surface area contributed by atoms with Crippen LogP contribution in [0.2, 0.25) is 0 Å². The Morgan fingerprint density at radius 3 is 1.83 bits per heavy atom. The van der Waals surface area contributed by atoms with Crippen molar-refractivity contribution in [3.05, 3.63) is 24.3 Å². The van der Waals surface area contributed by atoms with Crippen molar-refractivity contribution in [2.45, 2.75) is 104 Å². The van der Waals surface area contributed by atoms with E-state index < -0.39 is 11.4 Å². The van der Waals surface area contributed by atoms with Gasteiger partial charge >= 0.3 is 5.97 Å². The van der Waals surface area contributed by atoms with Crippen LogP contribution < -0.4 is 0 Å². The maximum atomic E-state index is 11.4. The van der Waals surface area contributed by atoms with Crippen molar-refractivity contribution in [3.8, 4) is 0 Å². The van der Waals surface area contributed by atoms with Gasteiger partial charge in [0.1, 0.15) is 0 Å². The Kier molecular flexibility index (Phi) is 14.8. The van der Waals surface area contributed by atoms with E-state index in [1.165, 1.54) is 38.5 Å². The van der Waals surface area contributed by atoms with E-state index in [9.17, 15) is 9.90 Å². The van der Waals surface area contributed by atoms with Gasteiger partial charge in [-0.25, -0.2) is 0 Å². The molecule has 0 aliphatic carbocycles. The van der Waals surface area contributed by atoms with Gasteiger partial charge in [-0.3, -0.25) is 4.79 Å². The third kappa shape index (κ3) is 10.7. The fraction of sp³-hybridized carbons (Fsp3) is 0.773. The van der Waals surface area contributed by atoms with Gasteiger partial charge in [-0.1, -0.05) is 77.2 Å². The summed E-state index contributed by atoms with van der Waals surface area (Å²) in [6.45, 7) is 6.24. The van der Waals surface area contributed by atoms with Crippen LogP contribution >= 0.6 is 0 Å². The molecule has 0 fully saturated rings.